The van der Waals surface area contributed by atoms with Crippen molar-refractivity contribution in [2.45, 2.75) is 0 Å². The van der Waals surface area contributed by atoms with Gasteiger partial charge in [-0.1, -0.05) is 72.8 Å². The minimum atomic E-state index is -0.644. The Morgan fingerprint density at radius 2 is 0.964 bits per heavy atom. The molecule has 4 aliphatic rings. The predicted octanol–water partition coefficient (Wildman–Crippen LogP) is 4.96. The van der Waals surface area contributed by atoms with Crippen LogP contribution in [0.5, 0.6) is 11.5 Å². The van der Waals surface area contributed by atoms with Gasteiger partial charge in [0.05, 0.1) is 0 Å². The van der Waals surface area contributed by atoms with E-state index < -0.39 is 11.9 Å². The highest BCUT2D eigenvalue weighted by atomic mass is 16.5. The fourth-order valence-electron chi connectivity index (χ4n) is 2.97. The van der Waals surface area contributed by atoms with Crippen molar-refractivity contribution < 1.29 is 19.1 Å². The summed E-state index contributed by atoms with van der Waals surface area (Å²) in [4.78, 5) is 24.2. The van der Waals surface area contributed by atoms with E-state index in [2.05, 4.69) is 0 Å². The van der Waals surface area contributed by atoms with E-state index >= 15 is 0 Å². The van der Waals surface area contributed by atoms with E-state index in [4.69, 9.17) is 9.47 Å². The molecule has 0 aliphatic heterocycles. The predicted molar refractivity (Wildman–Crippen MR) is 107 cm³/mol. The molecule has 0 N–H and O–H groups in total. The van der Waals surface area contributed by atoms with Gasteiger partial charge in [-0.3, -0.25) is 0 Å². The lowest BCUT2D eigenvalue weighted by Gasteiger charge is -2.02. The maximum atomic E-state index is 12.1. The first kappa shape index (κ1) is 17.5. The molecule has 0 saturated heterocycles. The van der Waals surface area contributed by atoms with Gasteiger partial charge in [0.25, 0.3) is 0 Å². The summed E-state index contributed by atoms with van der Waals surface area (Å²) in [6.07, 6.45) is 2.13. The molecule has 4 rings (SSSR count). The number of carbonyl (C=O) groups excluding carboxylic acids is 2. The van der Waals surface area contributed by atoms with Crippen LogP contribution in [0.15, 0.2) is 97.1 Å². The summed E-state index contributed by atoms with van der Waals surface area (Å²) in [5.41, 5.74) is 3.58. The van der Waals surface area contributed by atoms with Gasteiger partial charge in [-0.05, 0) is 23.3 Å². The first-order chi connectivity index (χ1) is 13.7. The second-order valence-electron chi connectivity index (χ2n) is 6.13. The van der Waals surface area contributed by atoms with Gasteiger partial charge in [0.2, 0.25) is 0 Å². The summed E-state index contributed by atoms with van der Waals surface area (Å²) >= 11 is 0. The third-order valence-corrected chi connectivity index (χ3v) is 4.28. The van der Waals surface area contributed by atoms with Crippen molar-refractivity contribution in [3.8, 4) is 33.8 Å². The van der Waals surface area contributed by atoms with Crippen molar-refractivity contribution in [2.24, 2.45) is 0 Å². The summed E-state index contributed by atoms with van der Waals surface area (Å²) in [5, 5.41) is 0. The van der Waals surface area contributed by atoms with E-state index in [1.807, 2.05) is 72.8 Å². The molecule has 0 aromatic heterocycles. The molecule has 28 heavy (non-hydrogen) atoms. The van der Waals surface area contributed by atoms with Crippen molar-refractivity contribution in [1.82, 2.24) is 0 Å². The molecule has 0 fully saturated rings. The average Bonchev–Trinajstić information content (AvgIpc) is 3.04. The SMILES string of the molecule is O=C(/C=C\C(=O)Oc1ccc2cccccc1-2)Oc1ccc2cccccc1-2. The maximum absolute atomic E-state index is 12.1. The number of esters is 2. The molecule has 0 heterocycles. The van der Waals surface area contributed by atoms with Gasteiger partial charge in [-0.15, -0.1) is 0 Å². The molecule has 4 aliphatic carbocycles. The Morgan fingerprint density at radius 3 is 1.43 bits per heavy atom. The van der Waals surface area contributed by atoms with E-state index in [0.717, 1.165) is 34.4 Å². The Morgan fingerprint density at radius 1 is 0.536 bits per heavy atom. The fourth-order valence-corrected chi connectivity index (χ4v) is 2.97. The molecule has 4 heteroatoms. The highest BCUT2D eigenvalue weighted by Crippen LogP contribution is 2.34. The van der Waals surface area contributed by atoms with Crippen LogP contribution in [-0.2, 0) is 9.59 Å². The molecule has 0 amide bonds. The van der Waals surface area contributed by atoms with Crippen LogP contribution in [0.3, 0.4) is 0 Å². The third-order valence-electron chi connectivity index (χ3n) is 4.28. The smallest absolute Gasteiger partial charge is 0.336 e. The Balaban J connectivity index is 1.41. The number of ether oxygens (including phenoxy) is 2. The van der Waals surface area contributed by atoms with Crippen LogP contribution in [-0.4, -0.2) is 11.9 Å². The number of rotatable bonds is 4. The zero-order chi connectivity index (χ0) is 19.3. The van der Waals surface area contributed by atoms with Crippen LogP contribution in [0.4, 0.5) is 0 Å². The zero-order valence-electron chi connectivity index (χ0n) is 14.9. The zero-order valence-corrected chi connectivity index (χ0v) is 14.9. The minimum absolute atomic E-state index is 0.448. The normalized spacial score (nSPS) is 11.0. The number of hydrogen-bond donors (Lipinski definition) is 0. The maximum Gasteiger partial charge on any atom is 0.336 e. The van der Waals surface area contributed by atoms with Crippen LogP contribution in [0.25, 0.3) is 22.3 Å². The van der Waals surface area contributed by atoms with Crippen LogP contribution in [0, 0.1) is 0 Å². The number of carbonyl (C=O) groups is 2. The molecular weight excluding hydrogens is 352 g/mol. The van der Waals surface area contributed by atoms with Crippen molar-refractivity contribution in [1.29, 1.82) is 0 Å². The minimum Gasteiger partial charge on any atom is -0.423 e. The van der Waals surface area contributed by atoms with E-state index in [1.54, 1.807) is 12.1 Å². The first-order valence-corrected chi connectivity index (χ1v) is 8.78. The summed E-state index contributed by atoms with van der Waals surface area (Å²) in [6.45, 7) is 0. The van der Waals surface area contributed by atoms with Crippen molar-refractivity contribution in [3.05, 3.63) is 97.1 Å². The average molecular weight is 368 g/mol. The Labute approximate surface area is 162 Å². The molecule has 4 nitrogen and oxygen atoms in total. The summed E-state index contributed by atoms with van der Waals surface area (Å²) in [7, 11) is 0. The molecule has 136 valence electrons. The summed E-state index contributed by atoms with van der Waals surface area (Å²) < 4.78 is 10.7. The van der Waals surface area contributed by atoms with E-state index in [9.17, 15) is 9.59 Å². The lowest BCUT2D eigenvalue weighted by atomic mass is 10.2. The summed E-state index contributed by atoms with van der Waals surface area (Å²) in [6, 6.07) is 26.2. The number of hydrogen-bond acceptors (Lipinski definition) is 4. The van der Waals surface area contributed by atoms with Gasteiger partial charge in [0, 0.05) is 23.3 Å². The largest absolute Gasteiger partial charge is 0.423 e. The molecule has 0 aromatic rings. The highest BCUT2D eigenvalue weighted by Gasteiger charge is 2.13. The highest BCUT2D eigenvalue weighted by molar-refractivity contribution is 5.95. The molecule has 0 aromatic carbocycles. The lowest BCUT2D eigenvalue weighted by Crippen LogP contribution is -2.08. The van der Waals surface area contributed by atoms with Crippen LogP contribution in [0.2, 0.25) is 0 Å². The second-order valence-corrected chi connectivity index (χ2v) is 6.13. The van der Waals surface area contributed by atoms with Crippen LogP contribution >= 0.6 is 0 Å². The van der Waals surface area contributed by atoms with Gasteiger partial charge < -0.3 is 9.47 Å². The Bertz CT molecular complexity index is 1020. The fraction of sp³-hybridized carbons (Fsp3) is 0. The quantitative estimate of drug-likeness (QED) is 0.377. The monoisotopic (exact) mass is 368 g/mol. The molecule has 0 saturated carbocycles. The van der Waals surface area contributed by atoms with Crippen molar-refractivity contribution in [2.75, 3.05) is 0 Å². The molecule has 0 spiro atoms. The molecule has 0 unspecified atom stereocenters. The second kappa shape index (κ2) is 7.76. The van der Waals surface area contributed by atoms with Gasteiger partial charge >= 0.3 is 11.9 Å². The summed E-state index contributed by atoms with van der Waals surface area (Å²) in [5.74, 6) is -0.392. The van der Waals surface area contributed by atoms with Crippen molar-refractivity contribution in [3.63, 3.8) is 0 Å². The molecular formula is C24H16O4. The van der Waals surface area contributed by atoms with Gasteiger partial charge in [-0.2, -0.15) is 0 Å². The van der Waals surface area contributed by atoms with Gasteiger partial charge in [0.15, 0.2) is 0 Å². The topological polar surface area (TPSA) is 52.6 Å². The first-order valence-electron chi connectivity index (χ1n) is 8.78. The molecule has 0 radical (unpaired) electrons. The lowest BCUT2D eigenvalue weighted by molar-refractivity contribution is -0.131. The Hall–Kier alpha value is -3.92. The Kier molecular flexibility index (Phi) is 4.85. The van der Waals surface area contributed by atoms with Crippen molar-refractivity contribution >= 4 is 11.9 Å². The molecule has 0 bridgehead atoms. The van der Waals surface area contributed by atoms with Gasteiger partial charge in [-0.25, -0.2) is 9.59 Å². The number of fused-ring (bicyclic) bond motifs is 2. The standard InChI is InChI=1S/C24H16O4/c25-23(27-21-13-11-17-7-3-1-5-9-19(17)21)15-16-24(26)28-22-14-12-18-8-4-2-6-10-20(18)22/h1-16H/b16-15-. The van der Waals surface area contributed by atoms with E-state index in [-0.39, 0.29) is 0 Å². The van der Waals surface area contributed by atoms with E-state index in [0.29, 0.717) is 11.5 Å². The van der Waals surface area contributed by atoms with Gasteiger partial charge in [0.1, 0.15) is 11.5 Å². The van der Waals surface area contributed by atoms with Crippen LogP contribution in [0.1, 0.15) is 0 Å². The van der Waals surface area contributed by atoms with E-state index in [1.165, 1.54) is 0 Å². The van der Waals surface area contributed by atoms with Crippen LogP contribution < -0.4 is 9.47 Å². The third kappa shape index (κ3) is 3.76. The molecule has 0 atom stereocenters.